The van der Waals surface area contributed by atoms with Crippen LogP contribution >= 0.6 is 0 Å². The molecule has 0 saturated carbocycles. The van der Waals surface area contributed by atoms with Crippen molar-refractivity contribution in [2.75, 3.05) is 11.9 Å². The van der Waals surface area contributed by atoms with E-state index in [2.05, 4.69) is 18.2 Å². The normalized spacial score (nSPS) is 17.9. The molecule has 0 unspecified atom stereocenters. The predicted molar refractivity (Wildman–Crippen MR) is 72.7 cm³/mol. The number of likely N-dealkylation sites (N-methyl/N-ethyl adjacent to an activating group) is 1. The number of carbonyl (C=O) groups excluding carboxylic acids is 1. The van der Waals surface area contributed by atoms with Gasteiger partial charge in [0.1, 0.15) is 0 Å². The molecular weight excluding hydrogens is 222 g/mol. The summed E-state index contributed by atoms with van der Waals surface area (Å²) in [5.74, 6) is 0.161. The van der Waals surface area contributed by atoms with Gasteiger partial charge in [0.2, 0.25) is 5.91 Å². The number of benzene rings is 2. The third kappa shape index (κ3) is 1.70. The highest BCUT2D eigenvalue weighted by Crippen LogP contribution is 2.37. The maximum Gasteiger partial charge on any atom is 0.234 e. The Hall–Kier alpha value is -2.09. The van der Waals surface area contributed by atoms with Crippen LogP contribution in [0.5, 0.6) is 0 Å². The first-order valence-electron chi connectivity index (χ1n) is 6.18. The molecule has 0 bridgehead atoms. The standard InChI is InChI=1S/C16H15NO/c1-17-15-10-6-5-9-13(15)14(16(17)18)11-12-7-3-2-4-8-12/h2-10,14H,11H2,1H3/t14-/m0/s1. The topological polar surface area (TPSA) is 20.3 Å². The Bertz CT molecular complexity index is 577. The molecule has 1 aliphatic heterocycles. The zero-order valence-electron chi connectivity index (χ0n) is 10.3. The van der Waals surface area contributed by atoms with Gasteiger partial charge in [0, 0.05) is 12.7 Å². The molecule has 1 heterocycles. The second kappa shape index (κ2) is 4.30. The molecule has 3 rings (SSSR count). The maximum atomic E-state index is 12.3. The average Bonchev–Trinajstić information content (AvgIpc) is 2.66. The van der Waals surface area contributed by atoms with E-state index >= 15 is 0 Å². The zero-order chi connectivity index (χ0) is 12.5. The molecule has 0 radical (unpaired) electrons. The molecule has 0 saturated heterocycles. The Morgan fingerprint density at radius 2 is 1.67 bits per heavy atom. The summed E-state index contributed by atoms with van der Waals surface area (Å²) in [6.45, 7) is 0. The largest absolute Gasteiger partial charge is 0.315 e. The lowest BCUT2D eigenvalue weighted by Crippen LogP contribution is -2.24. The summed E-state index contributed by atoms with van der Waals surface area (Å²) in [5, 5.41) is 0. The molecule has 0 aliphatic carbocycles. The van der Waals surface area contributed by atoms with Crippen molar-refractivity contribution >= 4 is 11.6 Å². The first kappa shape index (κ1) is 11.0. The Balaban J connectivity index is 1.96. The number of hydrogen-bond donors (Lipinski definition) is 0. The van der Waals surface area contributed by atoms with Gasteiger partial charge in [-0.05, 0) is 23.6 Å². The van der Waals surface area contributed by atoms with Crippen molar-refractivity contribution in [1.29, 1.82) is 0 Å². The van der Waals surface area contributed by atoms with Crippen molar-refractivity contribution in [2.45, 2.75) is 12.3 Å². The van der Waals surface area contributed by atoms with Gasteiger partial charge in [-0.2, -0.15) is 0 Å². The minimum Gasteiger partial charge on any atom is -0.315 e. The predicted octanol–water partition coefficient (Wildman–Crippen LogP) is 2.99. The number of carbonyl (C=O) groups is 1. The SMILES string of the molecule is CN1C(=O)[C@@H](Cc2ccccc2)c2ccccc21. The summed E-state index contributed by atoms with van der Waals surface area (Å²) in [5.41, 5.74) is 3.40. The van der Waals surface area contributed by atoms with Crippen LogP contribution in [-0.4, -0.2) is 13.0 Å². The van der Waals surface area contributed by atoms with Gasteiger partial charge in [0.25, 0.3) is 0 Å². The van der Waals surface area contributed by atoms with Crippen LogP contribution in [0.25, 0.3) is 0 Å². The molecule has 90 valence electrons. The lowest BCUT2D eigenvalue weighted by Gasteiger charge is -2.11. The molecule has 0 spiro atoms. The maximum absolute atomic E-state index is 12.3. The molecule has 1 amide bonds. The van der Waals surface area contributed by atoms with Crippen molar-refractivity contribution in [3.05, 3.63) is 65.7 Å². The van der Waals surface area contributed by atoms with Crippen molar-refractivity contribution in [3.63, 3.8) is 0 Å². The molecule has 0 aromatic heterocycles. The van der Waals surface area contributed by atoms with Crippen LogP contribution in [0.4, 0.5) is 5.69 Å². The third-order valence-electron chi connectivity index (χ3n) is 3.58. The van der Waals surface area contributed by atoms with Gasteiger partial charge in [0.05, 0.1) is 5.92 Å². The molecule has 1 atom stereocenters. The quantitative estimate of drug-likeness (QED) is 0.786. The van der Waals surface area contributed by atoms with E-state index in [0.29, 0.717) is 0 Å². The summed E-state index contributed by atoms with van der Waals surface area (Å²) in [6, 6.07) is 18.2. The van der Waals surface area contributed by atoms with Gasteiger partial charge >= 0.3 is 0 Å². The molecule has 0 N–H and O–H groups in total. The molecule has 2 aromatic carbocycles. The van der Waals surface area contributed by atoms with Crippen LogP contribution in [-0.2, 0) is 11.2 Å². The van der Waals surface area contributed by atoms with Crippen LogP contribution in [0, 0.1) is 0 Å². The second-order valence-electron chi connectivity index (χ2n) is 4.70. The van der Waals surface area contributed by atoms with Crippen molar-refractivity contribution in [1.82, 2.24) is 0 Å². The van der Waals surface area contributed by atoms with E-state index in [-0.39, 0.29) is 11.8 Å². The second-order valence-corrected chi connectivity index (χ2v) is 4.70. The van der Waals surface area contributed by atoms with Gasteiger partial charge in [-0.15, -0.1) is 0 Å². The molecule has 1 aliphatic rings. The van der Waals surface area contributed by atoms with E-state index in [1.54, 1.807) is 4.90 Å². The third-order valence-corrected chi connectivity index (χ3v) is 3.58. The van der Waals surface area contributed by atoms with Gasteiger partial charge in [-0.3, -0.25) is 4.79 Å². The Morgan fingerprint density at radius 1 is 1.00 bits per heavy atom. The monoisotopic (exact) mass is 237 g/mol. The number of nitrogens with zero attached hydrogens (tertiary/aromatic N) is 1. The van der Waals surface area contributed by atoms with Crippen LogP contribution in [0.3, 0.4) is 0 Å². The molecular formula is C16H15NO. The average molecular weight is 237 g/mol. The van der Waals surface area contributed by atoms with Crippen LogP contribution in [0.1, 0.15) is 17.0 Å². The van der Waals surface area contributed by atoms with E-state index in [0.717, 1.165) is 17.7 Å². The zero-order valence-corrected chi connectivity index (χ0v) is 10.3. The summed E-state index contributed by atoms with van der Waals surface area (Å²) in [7, 11) is 1.85. The van der Waals surface area contributed by atoms with Gasteiger partial charge in [0.15, 0.2) is 0 Å². The molecule has 0 fully saturated rings. The van der Waals surface area contributed by atoms with Crippen LogP contribution in [0.15, 0.2) is 54.6 Å². The highest BCUT2D eigenvalue weighted by molar-refractivity contribution is 6.04. The molecule has 2 heteroatoms. The van der Waals surface area contributed by atoms with Crippen molar-refractivity contribution < 1.29 is 4.79 Å². The lowest BCUT2D eigenvalue weighted by atomic mass is 9.93. The first-order valence-corrected chi connectivity index (χ1v) is 6.18. The molecule has 2 aromatic rings. The Morgan fingerprint density at radius 3 is 2.44 bits per heavy atom. The van der Waals surface area contributed by atoms with E-state index in [4.69, 9.17) is 0 Å². The number of amides is 1. The number of anilines is 1. The Labute approximate surface area is 107 Å². The van der Waals surface area contributed by atoms with E-state index in [1.165, 1.54) is 5.56 Å². The summed E-state index contributed by atoms with van der Waals surface area (Å²) >= 11 is 0. The van der Waals surface area contributed by atoms with Crippen molar-refractivity contribution in [2.24, 2.45) is 0 Å². The minimum atomic E-state index is -0.0337. The first-order chi connectivity index (χ1) is 8.77. The van der Waals surface area contributed by atoms with E-state index in [9.17, 15) is 4.79 Å². The van der Waals surface area contributed by atoms with Gasteiger partial charge < -0.3 is 4.90 Å². The van der Waals surface area contributed by atoms with Gasteiger partial charge in [-0.1, -0.05) is 48.5 Å². The summed E-state index contributed by atoms with van der Waals surface area (Å²) in [4.78, 5) is 14.1. The number of para-hydroxylation sites is 1. The van der Waals surface area contributed by atoms with Crippen molar-refractivity contribution in [3.8, 4) is 0 Å². The van der Waals surface area contributed by atoms with Crippen LogP contribution < -0.4 is 4.90 Å². The number of rotatable bonds is 2. The smallest absolute Gasteiger partial charge is 0.234 e. The fraction of sp³-hybridized carbons (Fsp3) is 0.188. The molecule has 18 heavy (non-hydrogen) atoms. The molecule has 2 nitrogen and oxygen atoms in total. The van der Waals surface area contributed by atoms with Gasteiger partial charge in [-0.25, -0.2) is 0 Å². The fourth-order valence-electron chi connectivity index (χ4n) is 2.62. The number of hydrogen-bond acceptors (Lipinski definition) is 1. The number of fused-ring (bicyclic) bond motifs is 1. The van der Waals surface area contributed by atoms with E-state index < -0.39 is 0 Å². The Kier molecular flexibility index (Phi) is 2.63. The summed E-state index contributed by atoms with van der Waals surface area (Å²) in [6.07, 6.45) is 0.779. The minimum absolute atomic E-state index is 0.0337. The van der Waals surface area contributed by atoms with Crippen LogP contribution in [0.2, 0.25) is 0 Å². The highest BCUT2D eigenvalue weighted by atomic mass is 16.2. The highest BCUT2D eigenvalue weighted by Gasteiger charge is 2.34. The fourth-order valence-corrected chi connectivity index (χ4v) is 2.62. The summed E-state index contributed by atoms with van der Waals surface area (Å²) < 4.78 is 0. The van der Waals surface area contributed by atoms with E-state index in [1.807, 2.05) is 43.4 Å². The lowest BCUT2D eigenvalue weighted by molar-refractivity contribution is -0.119.